The lowest BCUT2D eigenvalue weighted by Crippen LogP contribution is -2.52. The fourth-order valence-corrected chi connectivity index (χ4v) is 1.99. The van der Waals surface area contributed by atoms with Gasteiger partial charge in [0.05, 0.1) is 6.04 Å². The average molecular weight is 387 g/mol. The van der Waals surface area contributed by atoms with E-state index in [0.717, 1.165) is 0 Å². The monoisotopic (exact) mass is 387 g/mol. The molecule has 0 rings (SSSR count). The van der Waals surface area contributed by atoms with Crippen molar-refractivity contribution in [3.05, 3.63) is 0 Å². The molecule has 2 atom stereocenters. The van der Waals surface area contributed by atoms with Crippen molar-refractivity contribution in [2.75, 3.05) is 19.6 Å². The molecule has 13 heteroatoms. The molecule has 0 spiro atoms. The Balaban J connectivity index is 4.66. The molecule has 0 saturated heterocycles. The van der Waals surface area contributed by atoms with Crippen molar-refractivity contribution in [3.63, 3.8) is 0 Å². The lowest BCUT2D eigenvalue weighted by molar-refractivity contribution is -0.138. The number of guanidine groups is 2. The number of hydrogen-bond acceptors (Lipinski definition) is 6. The first-order chi connectivity index (χ1) is 12.6. The number of carboxylic acids is 1. The first-order valence-electron chi connectivity index (χ1n) is 8.29. The summed E-state index contributed by atoms with van der Waals surface area (Å²) in [7, 11) is 0. The average Bonchev–Trinajstić information content (AvgIpc) is 2.58. The second kappa shape index (κ2) is 13.2. The Hall–Kier alpha value is -3.09. The molecule has 0 fully saturated rings. The number of carbonyl (C=O) groups excluding carboxylic acids is 2. The topological polar surface area (TPSA) is 250 Å². The number of nitrogens with one attached hydrogen (secondary N) is 2. The van der Waals surface area contributed by atoms with Gasteiger partial charge in [-0.05, 0) is 25.7 Å². The molecular formula is C14H29N9O4. The molecule has 0 aromatic heterocycles. The van der Waals surface area contributed by atoms with Crippen molar-refractivity contribution in [2.24, 2.45) is 38.7 Å². The lowest BCUT2D eigenvalue weighted by atomic mass is 10.1. The van der Waals surface area contributed by atoms with Crippen LogP contribution < -0.4 is 39.3 Å². The molecule has 2 amide bonds. The molecule has 0 bridgehead atoms. The molecule has 154 valence electrons. The smallest absolute Gasteiger partial charge is 0.322 e. The molecular weight excluding hydrogens is 358 g/mol. The van der Waals surface area contributed by atoms with Crippen LogP contribution in [-0.4, -0.2) is 66.5 Å². The number of rotatable bonds is 13. The zero-order chi connectivity index (χ0) is 20.8. The van der Waals surface area contributed by atoms with Crippen molar-refractivity contribution in [2.45, 2.75) is 37.8 Å². The molecule has 27 heavy (non-hydrogen) atoms. The van der Waals surface area contributed by atoms with Gasteiger partial charge >= 0.3 is 5.97 Å². The van der Waals surface area contributed by atoms with Crippen molar-refractivity contribution in [1.82, 2.24) is 10.6 Å². The van der Waals surface area contributed by atoms with E-state index in [1.54, 1.807) is 0 Å². The summed E-state index contributed by atoms with van der Waals surface area (Å²) in [5, 5.41) is 13.4. The van der Waals surface area contributed by atoms with Crippen LogP contribution in [0.4, 0.5) is 0 Å². The number of nitrogens with zero attached hydrogens (tertiary/aromatic N) is 2. The predicted octanol–water partition coefficient (Wildman–Crippen LogP) is -3.89. The second-order valence-electron chi connectivity index (χ2n) is 5.68. The second-order valence-corrected chi connectivity index (χ2v) is 5.68. The van der Waals surface area contributed by atoms with Gasteiger partial charge in [0.15, 0.2) is 11.9 Å². The van der Waals surface area contributed by atoms with Crippen LogP contribution in [0.25, 0.3) is 0 Å². The van der Waals surface area contributed by atoms with Gasteiger partial charge in [-0.3, -0.25) is 24.4 Å². The first-order valence-corrected chi connectivity index (χ1v) is 8.29. The Bertz CT molecular complexity index is 557. The minimum atomic E-state index is -1.20. The van der Waals surface area contributed by atoms with Crippen LogP contribution in [0.2, 0.25) is 0 Å². The highest BCUT2D eigenvalue weighted by atomic mass is 16.4. The van der Waals surface area contributed by atoms with Crippen LogP contribution in [0.3, 0.4) is 0 Å². The van der Waals surface area contributed by atoms with Crippen LogP contribution in [0, 0.1) is 0 Å². The van der Waals surface area contributed by atoms with Crippen LogP contribution >= 0.6 is 0 Å². The van der Waals surface area contributed by atoms with Crippen molar-refractivity contribution >= 4 is 29.7 Å². The van der Waals surface area contributed by atoms with Crippen molar-refractivity contribution in [1.29, 1.82) is 0 Å². The van der Waals surface area contributed by atoms with Crippen molar-refractivity contribution < 1.29 is 19.5 Å². The number of aliphatic imine (C=N–C) groups is 2. The molecule has 0 aromatic rings. The number of carboxylic acid groups (broad SMARTS) is 1. The summed E-state index contributed by atoms with van der Waals surface area (Å²) < 4.78 is 0. The molecule has 0 heterocycles. The highest BCUT2D eigenvalue weighted by Crippen LogP contribution is 2.02. The van der Waals surface area contributed by atoms with Gasteiger partial charge in [-0.25, -0.2) is 0 Å². The first kappa shape index (κ1) is 23.9. The van der Waals surface area contributed by atoms with E-state index in [1.165, 1.54) is 0 Å². The Morgan fingerprint density at radius 2 is 1.41 bits per heavy atom. The highest BCUT2D eigenvalue weighted by molar-refractivity contribution is 5.90. The van der Waals surface area contributed by atoms with Gasteiger partial charge in [-0.2, -0.15) is 0 Å². The third kappa shape index (κ3) is 12.9. The largest absolute Gasteiger partial charge is 0.480 e. The third-order valence-corrected chi connectivity index (χ3v) is 3.30. The number of nitrogens with two attached hydrogens (primary N) is 5. The zero-order valence-electron chi connectivity index (χ0n) is 15.1. The van der Waals surface area contributed by atoms with Crippen LogP contribution in [0.5, 0.6) is 0 Å². The molecule has 0 aliphatic rings. The highest BCUT2D eigenvalue weighted by Gasteiger charge is 2.23. The molecule has 2 unspecified atom stereocenters. The maximum absolute atomic E-state index is 12.2. The summed E-state index contributed by atoms with van der Waals surface area (Å²) in [4.78, 5) is 42.4. The van der Waals surface area contributed by atoms with E-state index >= 15 is 0 Å². The Kier molecular flexibility index (Phi) is 11.7. The molecule has 0 aliphatic heterocycles. The summed E-state index contributed by atoms with van der Waals surface area (Å²) in [6.45, 7) is 0.0134. The quantitative estimate of drug-likeness (QED) is 0.0871. The summed E-state index contributed by atoms with van der Waals surface area (Å²) in [6.07, 6.45) is 1.38. The van der Waals surface area contributed by atoms with E-state index in [0.29, 0.717) is 25.8 Å². The van der Waals surface area contributed by atoms with Gasteiger partial charge in [0.25, 0.3) is 0 Å². The van der Waals surface area contributed by atoms with Gasteiger partial charge in [-0.1, -0.05) is 0 Å². The standard InChI is InChI=1S/C14H29N9O4/c15-8(3-1-5-20-13(16)17)11(26)23-9(4-2-6-21-14(18)19)12(27)22-7-10(24)25/h8-9H,1-7,15H2,(H,22,27)(H,23,26)(H,24,25)(H4,16,17,20)(H4,18,19,21). The Morgan fingerprint density at radius 3 is 1.89 bits per heavy atom. The molecule has 0 radical (unpaired) electrons. The predicted molar refractivity (Wildman–Crippen MR) is 100 cm³/mol. The normalized spacial score (nSPS) is 12.3. The molecule has 0 aromatic carbocycles. The van der Waals surface area contributed by atoms with Gasteiger partial charge in [-0.15, -0.1) is 0 Å². The van der Waals surface area contributed by atoms with E-state index in [1.807, 2.05) is 0 Å². The fraction of sp³-hybridized carbons (Fsp3) is 0.643. The Morgan fingerprint density at radius 1 is 0.889 bits per heavy atom. The number of amides is 2. The summed E-state index contributed by atoms with van der Waals surface area (Å²) in [5.74, 6) is -2.52. The summed E-state index contributed by atoms with van der Waals surface area (Å²) >= 11 is 0. The SMILES string of the molecule is NC(N)=NCCCC(N)C(=O)NC(CCCN=C(N)N)C(=O)NCC(=O)O. The van der Waals surface area contributed by atoms with E-state index in [2.05, 4.69) is 20.6 Å². The van der Waals surface area contributed by atoms with Crippen LogP contribution in [0.1, 0.15) is 25.7 Å². The molecule has 0 saturated carbocycles. The van der Waals surface area contributed by atoms with Crippen molar-refractivity contribution in [3.8, 4) is 0 Å². The van der Waals surface area contributed by atoms with Gasteiger partial charge in [0.1, 0.15) is 12.6 Å². The lowest BCUT2D eigenvalue weighted by Gasteiger charge is -2.20. The molecule has 13 N–H and O–H groups in total. The minimum Gasteiger partial charge on any atom is -0.480 e. The van der Waals surface area contributed by atoms with Gasteiger partial charge < -0.3 is 44.4 Å². The minimum absolute atomic E-state index is 0.0519. The zero-order valence-corrected chi connectivity index (χ0v) is 15.1. The molecule has 13 nitrogen and oxygen atoms in total. The van der Waals surface area contributed by atoms with Gasteiger partial charge in [0.2, 0.25) is 11.8 Å². The van der Waals surface area contributed by atoms with Crippen LogP contribution in [-0.2, 0) is 14.4 Å². The Labute approximate surface area is 156 Å². The maximum Gasteiger partial charge on any atom is 0.322 e. The summed E-state index contributed by atoms with van der Waals surface area (Å²) in [5.41, 5.74) is 26.6. The number of hydrogen-bond donors (Lipinski definition) is 8. The van der Waals surface area contributed by atoms with Gasteiger partial charge in [0, 0.05) is 13.1 Å². The fourth-order valence-electron chi connectivity index (χ4n) is 1.99. The van der Waals surface area contributed by atoms with E-state index in [-0.39, 0.29) is 24.9 Å². The number of aliphatic carboxylic acids is 1. The van der Waals surface area contributed by atoms with E-state index < -0.39 is 36.4 Å². The maximum atomic E-state index is 12.2. The molecule has 0 aliphatic carbocycles. The number of carbonyl (C=O) groups is 3. The van der Waals surface area contributed by atoms with Crippen LogP contribution in [0.15, 0.2) is 9.98 Å². The third-order valence-electron chi connectivity index (χ3n) is 3.30. The summed E-state index contributed by atoms with van der Waals surface area (Å²) in [6, 6.07) is -1.83. The van der Waals surface area contributed by atoms with E-state index in [4.69, 9.17) is 33.8 Å². The van der Waals surface area contributed by atoms with E-state index in [9.17, 15) is 14.4 Å².